The van der Waals surface area contributed by atoms with Gasteiger partial charge in [0.05, 0.1) is 33.7 Å². The van der Waals surface area contributed by atoms with E-state index in [1.807, 2.05) is 13.0 Å². The normalized spacial score (nSPS) is 11.9. The van der Waals surface area contributed by atoms with Gasteiger partial charge in [-0.3, -0.25) is 0 Å². The first kappa shape index (κ1) is 23.8. The topological polar surface area (TPSA) is 122 Å². The Labute approximate surface area is 193 Å². The summed E-state index contributed by atoms with van der Waals surface area (Å²) < 4.78 is 32.0. The lowest BCUT2D eigenvalue weighted by Gasteiger charge is -2.23. The first-order valence-electron chi connectivity index (χ1n) is 10.5. The Morgan fingerprint density at radius 1 is 1.09 bits per heavy atom. The van der Waals surface area contributed by atoms with Crippen molar-refractivity contribution in [3.63, 3.8) is 0 Å². The largest absolute Gasteiger partial charge is 0.464 e. The summed E-state index contributed by atoms with van der Waals surface area (Å²) >= 11 is 0. The zero-order valence-electron chi connectivity index (χ0n) is 18.4. The van der Waals surface area contributed by atoms with Crippen LogP contribution in [0, 0.1) is 11.3 Å². The minimum atomic E-state index is -3.92. The van der Waals surface area contributed by atoms with E-state index in [0.29, 0.717) is 28.8 Å². The molecule has 3 rings (SSSR count). The van der Waals surface area contributed by atoms with Gasteiger partial charge >= 0.3 is 5.97 Å². The van der Waals surface area contributed by atoms with Crippen molar-refractivity contribution >= 4 is 27.2 Å². The molecule has 0 radical (unpaired) electrons. The van der Waals surface area contributed by atoms with Crippen LogP contribution in [0.5, 0.6) is 0 Å². The van der Waals surface area contributed by atoms with Gasteiger partial charge in [-0.2, -0.15) is 5.26 Å². The maximum Gasteiger partial charge on any atom is 0.333 e. The van der Waals surface area contributed by atoms with Crippen molar-refractivity contribution in [3.8, 4) is 6.07 Å². The average Bonchev–Trinajstić information content (AvgIpc) is 2.84. The van der Waals surface area contributed by atoms with Crippen LogP contribution in [0.15, 0.2) is 76.5 Å². The third-order valence-electron chi connectivity index (χ3n) is 5.14. The Balaban J connectivity index is 2.16. The summed E-state index contributed by atoms with van der Waals surface area (Å²) in [6, 6.07) is 18.8. The molecule has 0 spiro atoms. The van der Waals surface area contributed by atoms with Crippen molar-refractivity contribution in [2.45, 2.75) is 36.1 Å². The molecule has 3 aromatic rings. The highest BCUT2D eigenvalue weighted by Gasteiger charge is 2.30. The van der Waals surface area contributed by atoms with E-state index in [4.69, 9.17) is 15.7 Å². The van der Waals surface area contributed by atoms with Crippen molar-refractivity contribution < 1.29 is 17.9 Å². The number of nitriles is 1. The second kappa shape index (κ2) is 10.2. The fourth-order valence-corrected chi connectivity index (χ4v) is 4.88. The fourth-order valence-electron chi connectivity index (χ4n) is 3.40. The smallest absolute Gasteiger partial charge is 0.333 e. The number of nitrogens with two attached hydrogens (primary N) is 1. The second-order valence-electron chi connectivity index (χ2n) is 7.29. The number of carbonyl (C=O) groups is 1. The number of benzene rings is 3. The molecule has 1 unspecified atom stereocenters. The van der Waals surface area contributed by atoms with E-state index in [1.54, 1.807) is 61.5 Å². The Bertz CT molecular complexity index is 1280. The Morgan fingerprint density at radius 3 is 2.33 bits per heavy atom. The molecule has 0 fully saturated rings. The van der Waals surface area contributed by atoms with Crippen molar-refractivity contribution in [3.05, 3.63) is 83.4 Å². The maximum atomic E-state index is 13.4. The number of esters is 1. The molecule has 8 heteroatoms. The third kappa shape index (κ3) is 5.16. The van der Waals surface area contributed by atoms with E-state index >= 15 is 0 Å². The van der Waals surface area contributed by atoms with Crippen molar-refractivity contribution in [1.82, 2.24) is 0 Å². The first-order valence-corrected chi connectivity index (χ1v) is 12.0. The van der Waals surface area contributed by atoms with Crippen molar-refractivity contribution in [2.24, 2.45) is 0 Å². The molecule has 0 bridgehead atoms. The van der Waals surface area contributed by atoms with E-state index in [9.17, 15) is 13.2 Å². The lowest BCUT2D eigenvalue weighted by Crippen LogP contribution is -2.25. The van der Waals surface area contributed by atoms with Crippen LogP contribution in [0.2, 0.25) is 0 Å². The number of nitrogens with one attached hydrogen (secondary N) is 1. The molecule has 170 valence electrons. The number of hydrogen-bond acceptors (Lipinski definition) is 7. The maximum absolute atomic E-state index is 13.4. The number of carbonyl (C=O) groups excluding carboxylic acids is 1. The van der Waals surface area contributed by atoms with Gasteiger partial charge in [-0.05, 0) is 61.4 Å². The Hall–Kier alpha value is -3.83. The Morgan fingerprint density at radius 2 is 1.76 bits per heavy atom. The van der Waals surface area contributed by atoms with Gasteiger partial charge in [0.1, 0.15) is 0 Å². The highest BCUT2D eigenvalue weighted by Crippen LogP contribution is 2.35. The zero-order chi connectivity index (χ0) is 24.0. The van der Waals surface area contributed by atoms with Crippen molar-refractivity contribution in [1.29, 1.82) is 5.26 Å². The van der Waals surface area contributed by atoms with Crippen LogP contribution in [0.25, 0.3) is 0 Å². The fraction of sp³-hybridized carbons (Fsp3) is 0.200. The molecule has 3 N–H and O–H groups in total. The summed E-state index contributed by atoms with van der Waals surface area (Å²) in [5.41, 5.74) is 8.43. The van der Waals surface area contributed by atoms with Crippen LogP contribution in [-0.2, 0) is 25.8 Å². The van der Waals surface area contributed by atoms with Gasteiger partial charge in [0.25, 0.3) is 0 Å². The lowest BCUT2D eigenvalue weighted by molar-refractivity contribution is -0.144. The monoisotopic (exact) mass is 463 g/mol. The third-order valence-corrected chi connectivity index (χ3v) is 6.95. The van der Waals surface area contributed by atoms with E-state index in [0.717, 1.165) is 0 Å². The minimum absolute atomic E-state index is 0.0183. The summed E-state index contributed by atoms with van der Waals surface area (Å²) in [7, 11) is -3.92. The molecule has 0 heterocycles. The van der Waals surface area contributed by atoms with E-state index in [-0.39, 0.29) is 22.1 Å². The highest BCUT2D eigenvalue weighted by atomic mass is 32.2. The number of anilines is 2. The number of aryl methyl sites for hydroxylation is 1. The summed E-state index contributed by atoms with van der Waals surface area (Å²) in [6.45, 7) is 3.72. The predicted molar refractivity (Wildman–Crippen MR) is 126 cm³/mol. The number of rotatable bonds is 8. The molecule has 0 amide bonds. The molecular formula is C25H25N3O4S. The van der Waals surface area contributed by atoms with Crippen LogP contribution < -0.4 is 11.1 Å². The van der Waals surface area contributed by atoms with Gasteiger partial charge in [0, 0.05) is 11.3 Å². The molecule has 0 saturated carbocycles. The average molecular weight is 464 g/mol. The number of sulfone groups is 1. The molecule has 0 saturated heterocycles. The molecule has 0 aliphatic heterocycles. The van der Waals surface area contributed by atoms with Gasteiger partial charge in [0.15, 0.2) is 6.04 Å². The van der Waals surface area contributed by atoms with Gasteiger partial charge < -0.3 is 15.8 Å². The van der Waals surface area contributed by atoms with E-state index < -0.39 is 21.8 Å². The van der Waals surface area contributed by atoms with Gasteiger partial charge in [0.2, 0.25) is 9.84 Å². The molecule has 0 aliphatic carbocycles. The van der Waals surface area contributed by atoms with Gasteiger partial charge in [-0.25, -0.2) is 13.2 Å². The predicted octanol–water partition coefficient (Wildman–Crippen LogP) is 4.25. The SMILES string of the molecule is CCOC(=O)C(Nc1ccc(C#N)cc1)c1cc(CC)cc(S(=O)(=O)c2ccccc2)c1N. The quantitative estimate of drug-likeness (QED) is 0.378. The Kier molecular flexibility index (Phi) is 7.36. The number of hydrogen-bond donors (Lipinski definition) is 2. The standard InChI is InChI=1S/C25H25N3O4S/c1-3-17-14-21(23(27)22(15-17)33(30,31)20-8-6-5-7-9-20)24(25(29)32-4-2)28-19-12-10-18(16-26)11-13-19/h5-15,24,28H,3-4,27H2,1-2H3. The lowest BCUT2D eigenvalue weighted by atomic mass is 10.00. The molecule has 0 aromatic heterocycles. The second-order valence-corrected chi connectivity index (χ2v) is 9.20. The minimum Gasteiger partial charge on any atom is -0.464 e. The summed E-state index contributed by atoms with van der Waals surface area (Å²) in [5, 5.41) is 12.1. The van der Waals surface area contributed by atoms with Crippen LogP contribution in [0.4, 0.5) is 11.4 Å². The van der Waals surface area contributed by atoms with Crippen LogP contribution in [0.3, 0.4) is 0 Å². The first-order chi connectivity index (χ1) is 15.8. The highest BCUT2D eigenvalue weighted by molar-refractivity contribution is 7.91. The summed E-state index contributed by atoms with van der Waals surface area (Å²) in [5.74, 6) is -0.593. The van der Waals surface area contributed by atoms with Crippen LogP contribution in [-0.4, -0.2) is 21.0 Å². The van der Waals surface area contributed by atoms with Gasteiger partial charge in [-0.1, -0.05) is 31.2 Å². The molecule has 7 nitrogen and oxygen atoms in total. The van der Waals surface area contributed by atoms with Crippen molar-refractivity contribution in [2.75, 3.05) is 17.7 Å². The zero-order valence-corrected chi connectivity index (χ0v) is 19.2. The number of ether oxygens (including phenoxy) is 1. The molecular weight excluding hydrogens is 438 g/mol. The summed E-state index contributed by atoms with van der Waals surface area (Å²) in [6.07, 6.45) is 0.539. The molecule has 0 aliphatic rings. The molecule has 3 aromatic carbocycles. The molecule has 1 atom stereocenters. The molecule has 33 heavy (non-hydrogen) atoms. The summed E-state index contributed by atoms with van der Waals surface area (Å²) in [4.78, 5) is 13.0. The van der Waals surface area contributed by atoms with Crippen LogP contribution >= 0.6 is 0 Å². The van der Waals surface area contributed by atoms with Gasteiger partial charge in [-0.15, -0.1) is 0 Å². The number of nitrogens with zero attached hydrogens (tertiary/aromatic N) is 1. The van der Waals surface area contributed by atoms with Crippen LogP contribution in [0.1, 0.15) is 36.6 Å². The van der Waals surface area contributed by atoms with E-state index in [2.05, 4.69) is 5.32 Å². The van der Waals surface area contributed by atoms with E-state index in [1.165, 1.54) is 12.1 Å². The number of nitrogen functional groups attached to an aromatic ring is 1.